The van der Waals surface area contributed by atoms with Gasteiger partial charge < -0.3 is 16.0 Å². The van der Waals surface area contributed by atoms with Gasteiger partial charge in [0.15, 0.2) is 0 Å². The first-order valence-electron chi connectivity index (χ1n) is 7.30. The third-order valence-electron chi connectivity index (χ3n) is 3.46. The maximum absolute atomic E-state index is 13.5. The third-order valence-corrected chi connectivity index (χ3v) is 4.51. The standard InChI is InChI=1S/C15H22FN3OS/c16-13-5-4-12(17)11-14(13)18-15(20)3-1-6-19-7-2-9-21-10-8-19/h4-5,11H,1-3,6-10,17H2,(H,18,20). The van der Waals surface area contributed by atoms with Gasteiger partial charge in [0.05, 0.1) is 5.69 Å². The number of benzene rings is 1. The van der Waals surface area contributed by atoms with E-state index >= 15 is 0 Å². The van der Waals surface area contributed by atoms with Crippen LogP contribution in [-0.2, 0) is 4.79 Å². The van der Waals surface area contributed by atoms with Gasteiger partial charge in [-0.05, 0) is 49.9 Å². The Balaban J connectivity index is 1.73. The highest BCUT2D eigenvalue weighted by atomic mass is 32.2. The zero-order chi connectivity index (χ0) is 15.1. The first-order chi connectivity index (χ1) is 10.1. The molecule has 2 rings (SSSR count). The number of nitrogens with two attached hydrogens (primary N) is 1. The molecule has 0 spiro atoms. The molecule has 0 unspecified atom stereocenters. The molecule has 0 saturated carbocycles. The SMILES string of the molecule is Nc1ccc(F)c(NC(=O)CCCN2CCCSCC2)c1. The first kappa shape index (κ1) is 16.1. The number of thioether (sulfide) groups is 1. The summed E-state index contributed by atoms with van der Waals surface area (Å²) in [5.41, 5.74) is 6.19. The van der Waals surface area contributed by atoms with Crippen LogP contribution >= 0.6 is 11.8 Å². The van der Waals surface area contributed by atoms with Gasteiger partial charge >= 0.3 is 0 Å². The quantitative estimate of drug-likeness (QED) is 0.821. The second kappa shape index (κ2) is 8.24. The van der Waals surface area contributed by atoms with Gasteiger partial charge in [-0.2, -0.15) is 11.8 Å². The molecular formula is C15H22FN3OS. The summed E-state index contributed by atoms with van der Waals surface area (Å²) in [6.07, 6.45) is 2.41. The molecule has 1 aromatic rings. The van der Waals surface area contributed by atoms with Crippen LogP contribution in [0.4, 0.5) is 15.8 Å². The Bertz CT molecular complexity index is 476. The summed E-state index contributed by atoms with van der Waals surface area (Å²) in [6, 6.07) is 4.18. The van der Waals surface area contributed by atoms with E-state index in [-0.39, 0.29) is 11.6 Å². The van der Waals surface area contributed by atoms with Crippen molar-refractivity contribution in [1.82, 2.24) is 4.90 Å². The third kappa shape index (κ3) is 5.55. The second-order valence-electron chi connectivity index (χ2n) is 5.20. The van der Waals surface area contributed by atoms with E-state index in [9.17, 15) is 9.18 Å². The topological polar surface area (TPSA) is 58.4 Å². The number of nitrogens with zero attached hydrogens (tertiary/aromatic N) is 1. The number of hydrogen-bond donors (Lipinski definition) is 2. The lowest BCUT2D eigenvalue weighted by atomic mass is 10.2. The molecule has 0 atom stereocenters. The van der Waals surface area contributed by atoms with E-state index < -0.39 is 5.82 Å². The van der Waals surface area contributed by atoms with E-state index in [0.717, 1.165) is 26.1 Å². The van der Waals surface area contributed by atoms with E-state index in [1.54, 1.807) is 0 Å². The minimum absolute atomic E-state index is 0.158. The molecule has 1 amide bonds. The van der Waals surface area contributed by atoms with Crippen LogP contribution in [0, 0.1) is 5.82 Å². The molecule has 116 valence electrons. The van der Waals surface area contributed by atoms with Gasteiger partial charge in [0.2, 0.25) is 5.91 Å². The van der Waals surface area contributed by atoms with Gasteiger partial charge in [0, 0.05) is 24.4 Å². The summed E-state index contributed by atoms with van der Waals surface area (Å²) in [5.74, 6) is 1.78. The molecule has 0 aromatic heterocycles. The largest absolute Gasteiger partial charge is 0.399 e. The number of rotatable bonds is 5. The predicted molar refractivity (Wildman–Crippen MR) is 87.1 cm³/mol. The average Bonchev–Trinajstić information content (AvgIpc) is 2.72. The fraction of sp³-hybridized carbons (Fsp3) is 0.533. The molecule has 6 heteroatoms. The van der Waals surface area contributed by atoms with Gasteiger partial charge in [0.1, 0.15) is 5.82 Å². The smallest absolute Gasteiger partial charge is 0.224 e. The van der Waals surface area contributed by atoms with Crippen LogP contribution in [0.25, 0.3) is 0 Å². The zero-order valence-electron chi connectivity index (χ0n) is 12.1. The highest BCUT2D eigenvalue weighted by molar-refractivity contribution is 7.99. The Kier molecular flexibility index (Phi) is 6.32. The maximum atomic E-state index is 13.5. The van der Waals surface area contributed by atoms with Crippen molar-refractivity contribution in [3.05, 3.63) is 24.0 Å². The fourth-order valence-corrected chi connectivity index (χ4v) is 3.26. The molecule has 1 fully saturated rings. The number of anilines is 2. The summed E-state index contributed by atoms with van der Waals surface area (Å²) >= 11 is 1.99. The Morgan fingerprint density at radius 3 is 3.10 bits per heavy atom. The number of nitrogens with one attached hydrogen (secondary N) is 1. The fourth-order valence-electron chi connectivity index (χ4n) is 2.34. The number of nitrogen functional groups attached to an aromatic ring is 1. The van der Waals surface area contributed by atoms with Crippen LogP contribution in [-0.4, -0.2) is 41.9 Å². The lowest BCUT2D eigenvalue weighted by Gasteiger charge is -2.18. The molecule has 4 nitrogen and oxygen atoms in total. The van der Waals surface area contributed by atoms with E-state index in [0.29, 0.717) is 12.1 Å². The van der Waals surface area contributed by atoms with Crippen molar-refractivity contribution in [2.75, 3.05) is 42.2 Å². The highest BCUT2D eigenvalue weighted by Gasteiger charge is 2.11. The Morgan fingerprint density at radius 1 is 1.38 bits per heavy atom. The molecule has 1 aliphatic rings. The predicted octanol–water partition coefficient (Wildman–Crippen LogP) is 2.57. The van der Waals surface area contributed by atoms with Crippen molar-refractivity contribution < 1.29 is 9.18 Å². The number of halogens is 1. The van der Waals surface area contributed by atoms with Gasteiger partial charge in [-0.3, -0.25) is 4.79 Å². The molecule has 0 bridgehead atoms. The monoisotopic (exact) mass is 311 g/mol. The van der Waals surface area contributed by atoms with Crippen LogP contribution in [0.5, 0.6) is 0 Å². The molecule has 3 N–H and O–H groups in total. The van der Waals surface area contributed by atoms with Gasteiger partial charge in [-0.15, -0.1) is 0 Å². The van der Waals surface area contributed by atoms with Crippen molar-refractivity contribution in [3.63, 3.8) is 0 Å². The molecule has 21 heavy (non-hydrogen) atoms. The van der Waals surface area contributed by atoms with Crippen molar-refractivity contribution in [2.24, 2.45) is 0 Å². The van der Waals surface area contributed by atoms with Crippen molar-refractivity contribution in [1.29, 1.82) is 0 Å². The molecule has 1 aromatic carbocycles. The Hall–Kier alpha value is -1.27. The van der Waals surface area contributed by atoms with E-state index in [1.165, 1.54) is 36.1 Å². The summed E-state index contributed by atoms with van der Waals surface area (Å²) < 4.78 is 13.5. The van der Waals surface area contributed by atoms with Crippen molar-refractivity contribution >= 4 is 29.0 Å². The number of carbonyl (C=O) groups is 1. The Labute approximate surface area is 129 Å². The summed E-state index contributed by atoms with van der Waals surface area (Å²) in [7, 11) is 0. The van der Waals surface area contributed by atoms with E-state index in [4.69, 9.17) is 5.73 Å². The lowest BCUT2D eigenvalue weighted by Crippen LogP contribution is -2.28. The Morgan fingerprint density at radius 2 is 2.24 bits per heavy atom. The molecular weight excluding hydrogens is 289 g/mol. The molecule has 0 radical (unpaired) electrons. The van der Waals surface area contributed by atoms with Crippen molar-refractivity contribution in [3.8, 4) is 0 Å². The normalized spacial score (nSPS) is 16.4. The van der Waals surface area contributed by atoms with Crippen LogP contribution in [0.3, 0.4) is 0 Å². The summed E-state index contributed by atoms with van der Waals surface area (Å²) in [6.45, 7) is 3.13. The highest BCUT2D eigenvalue weighted by Crippen LogP contribution is 2.18. The van der Waals surface area contributed by atoms with Crippen LogP contribution in [0.1, 0.15) is 19.3 Å². The van der Waals surface area contributed by atoms with Crippen LogP contribution in [0.2, 0.25) is 0 Å². The minimum Gasteiger partial charge on any atom is -0.399 e. The molecule has 1 saturated heterocycles. The lowest BCUT2D eigenvalue weighted by molar-refractivity contribution is -0.116. The summed E-state index contributed by atoms with van der Waals surface area (Å²) in [5, 5.41) is 2.58. The number of amides is 1. The van der Waals surface area contributed by atoms with E-state index in [2.05, 4.69) is 10.2 Å². The van der Waals surface area contributed by atoms with Gasteiger partial charge in [-0.25, -0.2) is 4.39 Å². The molecule has 0 aliphatic carbocycles. The first-order valence-corrected chi connectivity index (χ1v) is 8.45. The van der Waals surface area contributed by atoms with Crippen LogP contribution < -0.4 is 11.1 Å². The minimum atomic E-state index is -0.456. The number of hydrogen-bond acceptors (Lipinski definition) is 4. The molecule has 1 heterocycles. The van der Waals surface area contributed by atoms with Gasteiger partial charge in [0.25, 0.3) is 0 Å². The van der Waals surface area contributed by atoms with Gasteiger partial charge in [-0.1, -0.05) is 0 Å². The maximum Gasteiger partial charge on any atom is 0.224 e. The van der Waals surface area contributed by atoms with Crippen molar-refractivity contribution in [2.45, 2.75) is 19.3 Å². The number of carbonyl (C=O) groups excluding carboxylic acids is 1. The van der Waals surface area contributed by atoms with E-state index in [1.807, 2.05) is 11.8 Å². The second-order valence-corrected chi connectivity index (χ2v) is 6.42. The van der Waals surface area contributed by atoms with Crippen LogP contribution in [0.15, 0.2) is 18.2 Å². The zero-order valence-corrected chi connectivity index (χ0v) is 12.9. The molecule has 1 aliphatic heterocycles. The summed E-state index contributed by atoms with van der Waals surface area (Å²) in [4.78, 5) is 14.2. The average molecular weight is 311 g/mol.